The molecule has 1 unspecified atom stereocenters. The van der Waals surface area contributed by atoms with Gasteiger partial charge in [-0.2, -0.15) is 0 Å². The molecule has 156 valence electrons. The summed E-state index contributed by atoms with van der Waals surface area (Å²) in [5.74, 6) is 0.890. The zero-order valence-electron chi connectivity index (χ0n) is 17.3. The van der Waals surface area contributed by atoms with Crippen LogP contribution in [-0.2, 0) is 9.47 Å². The number of nitrogens with zero attached hydrogens (tertiary/aromatic N) is 2. The highest BCUT2D eigenvalue weighted by Gasteiger charge is 2.13. The van der Waals surface area contributed by atoms with Crippen LogP contribution in [0.15, 0.2) is 4.99 Å². The molecule has 7 heteroatoms. The molecule has 0 aromatic rings. The van der Waals surface area contributed by atoms with Crippen molar-refractivity contribution in [1.29, 1.82) is 0 Å². The van der Waals surface area contributed by atoms with Crippen molar-refractivity contribution in [2.45, 2.75) is 65.0 Å². The number of aliphatic imine (C=N–C) groups is 1. The molecule has 1 aliphatic rings. The highest BCUT2D eigenvalue weighted by atomic mass is 127. The Balaban J connectivity index is 0.00000625. The van der Waals surface area contributed by atoms with Crippen LogP contribution in [0, 0.1) is 0 Å². The van der Waals surface area contributed by atoms with E-state index < -0.39 is 0 Å². The fourth-order valence-corrected chi connectivity index (χ4v) is 3.03. The van der Waals surface area contributed by atoms with Crippen LogP contribution in [0.4, 0.5) is 0 Å². The van der Waals surface area contributed by atoms with Gasteiger partial charge >= 0.3 is 0 Å². The summed E-state index contributed by atoms with van der Waals surface area (Å²) >= 11 is 0. The van der Waals surface area contributed by atoms with Crippen molar-refractivity contribution in [3.05, 3.63) is 0 Å². The fraction of sp³-hybridized carbons (Fsp3) is 0.947. The van der Waals surface area contributed by atoms with Gasteiger partial charge < -0.3 is 25.0 Å². The maximum atomic E-state index is 5.89. The SMILES string of the molecule is CCN(CC)CCCC(C)NC(=NC)NCCCOC1CCOCC1.I. The highest BCUT2D eigenvalue weighted by molar-refractivity contribution is 14.0. The van der Waals surface area contributed by atoms with Crippen molar-refractivity contribution < 1.29 is 9.47 Å². The lowest BCUT2D eigenvalue weighted by Gasteiger charge is -2.23. The van der Waals surface area contributed by atoms with Crippen molar-refractivity contribution in [3.8, 4) is 0 Å². The molecule has 0 saturated carbocycles. The molecule has 1 rings (SSSR count). The molecule has 0 aliphatic carbocycles. The number of rotatable bonds is 12. The summed E-state index contributed by atoms with van der Waals surface area (Å²) in [6.07, 6.45) is 5.81. The van der Waals surface area contributed by atoms with E-state index in [4.69, 9.17) is 9.47 Å². The zero-order chi connectivity index (χ0) is 18.3. The van der Waals surface area contributed by atoms with Gasteiger partial charge in [0.15, 0.2) is 5.96 Å². The van der Waals surface area contributed by atoms with Gasteiger partial charge in [0.25, 0.3) is 0 Å². The summed E-state index contributed by atoms with van der Waals surface area (Å²) in [6.45, 7) is 13.5. The van der Waals surface area contributed by atoms with Gasteiger partial charge in [-0.1, -0.05) is 13.8 Å². The lowest BCUT2D eigenvalue weighted by atomic mass is 10.1. The molecule has 0 radical (unpaired) electrons. The summed E-state index contributed by atoms with van der Waals surface area (Å²) in [7, 11) is 1.83. The van der Waals surface area contributed by atoms with Crippen LogP contribution in [0.1, 0.15) is 52.9 Å². The van der Waals surface area contributed by atoms with E-state index in [0.717, 1.165) is 71.1 Å². The van der Waals surface area contributed by atoms with Crippen molar-refractivity contribution in [3.63, 3.8) is 0 Å². The molecule has 1 saturated heterocycles. The van der Waals surface area contributed by atoms with E-state index in [1.165, 1.54) is 13.0 Å². The smallest absolute Gasteiger partial charge is 0.191 e. The third-order valence-corrected chi connectivity index (χ3v) is 4.75. The Morgan fingerprint density at radius 1 is 1.23 bits per heavy atom. The molecular weight excluding hydrogens is 443 g/mol. The average Bonchev–Trinajstić information content (AvgIpc) is 2.65. The summed E-state index contributed by atoms with van der Waals surface area (Å²) in [6, 6.07) is 0.431. The van der Waals surface area contributed by atoms with Gasteiger partial charge in [0.1, 0.15) is 0 Å². The molecule has 1 heterocycles. The van der Waals surface area contributed by atoms with Crippen LogP contribution >= 0.6 is 24.0 Å². The second-order valence-corrected chi connectivity index (χ2v) is 6.75. The Bertz CT molecular complexity index is 348. The quantitative estimate of drug-likeness (QED) is 0.193. The molecular formula is C19H41IN4O2. The van der Waals surface area contributed by atoms with Gasteiger partial charge in [0.2, 0.25) is 0 Å². The number of ether oxygens (including phenoxy) is 2. The van der Waals surface area contributed by atoms with E-state index in [2.05, 4.69) is 41.3 Å². The molecule has 0 aromatic carbocycles. The average molecular weight is 484 g/mol. The summed E-state index contributed by atoms with van der Waals surface area (Å²) in [5, 5.41) is 6.86. The minimum absolute atomic E-state index is 0. The van der Waals surface area contributed by atoms with E-state index >= 15 is 0 Å². The number of hydrogen-bond donors (Lipinski definition) is 2. The van der Waals surface area contributed by atoms with E-state index in [0.29, 0.717) is 12.1 Å². The van der Waals surface area contributed by atoms with Crippen molar-refractivity contribution in [2.75, 3.05) is 53.0 Å². The van der Waals surface area contributed by atoms with Crippen LogP contribution in [0.3, 0.4) is 0 Å². The molecule has 0 bridgehead atoms. The van der Waals surface area contributed by atoms with Gasteiger partial charge in [0, 0.05) is 39.5 Å². The number of hydrogen-bond acceptors (Lipinski definition) is 4. The maximum Gasteiger partial charge on any atom is 0.191 e. The first-order chi connectivity index (χ1) is 12.2. The molecule has 1 atom stereocenters. The molecule has 26 heavy (non-hydrogen) atoms. The molecule has 1 aliphatic heterocycles. The lowest BCUT2D eigenvalue weighted by Crippen LogP contribution is -2.43. The van der Waals surface area contributed by atoms with E-state index in [-0.39, 0.29) is 24.0 Å². The molecule has 1 fully saturated rings. The predicted molar refractivity (Wildman–Crippen MR) is 121 cm³/mol. The Kier molecular flexibility index (Phi) is 16.9. The Hall–Kier alpha value is -0.120. The van der Waals surface area contributed by atoms with Gasteiger partial charge in [-0.05, 0) is 58.7 Å². The van der Waals surface area contributed by atoms with E-state index in [1.54, 1.807) is 0 Å². The largest absolute Gasteiger partial charge is 0.381 e. The van der Waals surface area contributed by atoms with Gasteiger partial charge in [-0.25, -0.2) is 0 Å². The molecule has 0 aromatic heterocycles. The second kappa shape index (κ2) is 17.0. The molecule has 2 N–H and O–H groups in total. The van der Waals surface area contributed by atoms with Crippen LogP contribution in [0.2, 0.25) is 0 Å². The minimum atomic E-state index is 0. The van der Waals surface area contributed by atoms with Gasteiger partial charge in [-0.15, -0.1) is 24.0 Å². The third-order valence-electron chi connectivity index (χ3n) is 4.75. The number of nitrogens with one attached hydrogen (secondary N) is 2. The zero-order valence-corrected chi connectivity index (χ0v) is 19.6. The molecule has 6 nitrogen and oxygen atoms in total. The first-order valence-corrected chi connectivity index (χ1v) is 10.1. The van der Waals surface area contributed by atoms with Gasteiger partial charge in [0.05, 0.1) is 6.10 Å². The first kappa shape index (κ1) is 25.9. The van der Waals surface area contributed by atoms with Crippen molar-refractivity contribution in [2.24, 2.45) is 4.99 Å². The van der Waals surface area contributed by atoms with Crippen LogP contribution < -0.4 is 10.6 Å². The van der Waals surface area contributed by atoms with Crippen LogP contribution in [0.5, 0.6) is 0 Å². The van der Waals surface area contributed by atoms with E-state index in [9.17, 15) is 0 Å². The standard InChI is InChI=1S/C19H40N4O2.HI/c1-5-23(6-2)13-7-9-17(3)22-19(20-4)21-12-8-14-25-18-10-15-24-16-11-18;/h17-18H,5-16H2,1-4H3,(H2,20,21,22);1H. The monoisotopic (exact) mass is 484 g/mol. The Morgan fingerprint density at radius 3 is 2.54 bits per heavy atom. The molecule has 0 spiro atoms. The maximum absolute atomic E-state index is 5.89. The van der Waals surface area contributed by atoms with E-state index in [1.807, 2.05) is 7.05 Å². The van der Waals surface area contributed by atoms with Gasteiger partial charge in [-0.3, -0.25) is 4.99 Å². The minimum Gasteiger partial charge on any atom is -0.381 e. The van der Waals surface area contributed by atoms with Crippen LogP contribution in [-0.4, -0.2) is 76.1 Å². The third kappa shape index (κ3) is 12.3. The second-order valence-electron chi connectivity index (χ2n) is 6.75. The molecule has 0 amide bonds. The summed E-state index contributed by atoms with van der Waals surface area (Å²) in [5.41, 5.74) is 0. The number of guanidine groups is 1. The van der Waals surface area contributed by atoms with Crippen molar-refractivity contribution >= 4 is 29.9 Å². The fourth-order valence-electron chi connectivity index (χ4n) is 3.03. The number of halogens is 1. The van der Waals surface area contributed by atoms with Crippen LogP contribution in [0.25, 0.3) is 0 Å². The topological polar surface area (TPSA) is 58.1 Å². The Morgan fingerprint density at radius 2 is 1.92 bits per heavy atom. The summed E-state index contributed by atoms with van der Waals surface area (Å²) < 4.78 is 11.2. The summed E-state index contributed by atoms with van der Waals surface area (Å²) in [4.78, 5) is 6.79. The normalized spacial score (nSPS) is 17.0. The first-order valence-electron chi connectivity index (χ1n) is 10.1. The Labute approximate surface area is 177 Å². The highest BCUT2D eigenvalue weighted by Crippen LogP contribution is 2.10. The van der Waals surface area contributed by atoms with Crippen molar-refractivity contribution in [1.82, 2.24) is 15.5 Å². The lowest BCUT2D eigenvalue weighted by molar-refractivity contribution is -0.0320. The predicted octanol–water partition coefficient (Wildman–Crippen LogP) is 2.87.